The molecular weight excluding hydrogens is 441 g/mol. The van der Waals surface area contributed by atoms with Crippen molar-refractivity contribution in [3.8, 4) is 0 Å². The Morgan fingerprint density at radius 3 is 2.48 bits per heavy atom. The summed E-state index contributed by atoms with van der Waals surface area (Å²) < 4.78 is 56.8. The zero-order valence-electron chi connectivity index (χ0n) is 12.5. The summed E-state index contributed by atoms with van der Waals surface area (Å²) in [6.07, 6.45) is 1.30. The Labute approximate surface area is 148 Å². The Morgan fingerprint density at radius 1 is 1.30 bits per heavy atom. The molecule has 0 atom stereocenters. The Balaban J connectivity index is 2.82. The van der Waals surface area contributed by atoms with Crippen LogP contribution in [0, 0.1) is 0 Å². The first kappa shape index (κ1) is 20.0. The second-order valence-corrected chi connectivity index (χ2v) is 7.94. The van der Waals surface area contributed by atoms with Gasteiger partial charge in [-0.1, -0.05) is 37.6 Å². The molecule has 0 amide bonds. The SMILES string of the molecule is CCCCOC(=O)/C(I)=C/CC(F)(F)S(=O)(=O)c1ccccc1. The number of rotatable bonds is 8. The molecule has 0 fully saturated rings. The minimum Gasteiger partial charge on any atom is -0.462 e. The number of esters is 1. The van der Waals surface area contributed by atoms with Gasteiger partial charge < -0.3 is 4.74 Å². The Morgan fingerprint density at radius 2 is 1.91 bits per heavy atom. The first-order chi connectivity index (χ1) is 10.7. The van der Waals surface area contributed by atoms with Gasteiger partial charge >= 0.3 is 11.2 Å². The average Bonchev–Trinajstić information content (AvgIpc) is 2.53. The van der Waals surface area contributed by atoms with E-state index < -0.39 is 32.4 Å². The fourth-order valence-corrected chi connectivity index (χ4v) is 3.09. The number of unbranched alkanes of at least 4 members (excludes halogenated alkanes) is 1. The van der Waals surface area contributed by atoms with Gasteiger partial charge in [-0.3, -0.25) is 0 Å². The van der Waals surface area contributed by atoms with Crippen molar-refractivity contribution in [2.75, 3.05) is 6.61 Å². The van der Waals surface area contributed by atoms with Crippen molar-refractivity contribution >= 4 is 38.4 Å². The highest BCUT2D eigenvalue weighted by Gasteiger charge is 2.45. The largest absolute Gasteiger partial charge is 0.462 e. The molecule has 0 saturated carbocycles. The van der Waals surface area contributed by atoms with Crippen LogP contribution in [0.2, 0.25) is 0 Å². The summed E-state index contributed by atoms with van der Waals surface area (Å²) >= 11 is 1.56. The third-order valence-corrected chi connectivity index (χ3v) is 5.62. The molecule has 4 nitrogen and oxygen atoms in total. The second kappa shape index (κ2) is 8.72. The van der Waals surface area contributed by atoms with Gasteiger partial charge in [-0.15, -0.1) is 0 Å². The highest BCUT2D eigenvalue weighted by Crippen LogP contribution is 2.33. The van der Waals surface area contributed by atoms with Crippen LogP contribution in [0.1, 0.15) is 26.2 Å². The molecular formula is C15H17F2IO4S. The quantitative estimate of drug-likeness (QED) is 0.255. The Bertz CT molecular complexity index is 657. The van der Waals surface area contributed by atoms with E-state index in [-0.39, 0.29) is 10.2 Å². The number of carbonyl (C=O) groups is 1. The van der Waals surface area contributed by atoms with Gasteiger partial charge in [-0.25, -0.2) is 13.2 Å². The Hall–Kier alpha value is -1.03. The van der Waals surface area contributed by atoms with E-state index in [2.05, 4.69) is 0 Å². The summed E-state index contributed by atoms with van der Waals surface area (Å²) in [6.45, 7) is 2.12. The zero-order valence-corrected chi connectivity index (χ0v) is 15.4. The third-order valence-electron chi connectivity index (χ3n) is 2.89. The van der Waals surface area contributed by atoms with E-state index in [0.717, 1.165) is 24.6 Å². The van der Waals surface area contributed by atoms with E-state index in [0.29, 0.717) is 6.42 Å². The molecule has 1 rings (SSSR count). The van der Waals surface area contributed by atoms with Gasteiger partial charge in [0.25, 0.3) is 0 Å². The van der Waals surface area contributed by atoms with Crippen LogP contribution in [0.15, 0.2) is 44.9 Å². The molecule has 0 aliphatic heterocycles. The molecule has 23 heavy (non-hydrogen) atoms. The molecule has 0 bridgehead atoms. The molecule has 8 heteroatoms. The Kier molecular flexibility index (Phi) is 7.59. The van der Waals surface area contributed by atoms with Crippen LogP contribution in [0.4, 0.5) is 8.78 Å². The lowest BCUT2D eigenvalue weighted by Crippen LogP contribution is -2.28. The summed E-state index contributed by atoms with van der Waals surface area (Å²) in [6, 6.07) is 6.49. The van der Waals surface area contributed by atoms with Crippen LogP contribution in [-0.4, -0.2) is 26.2 Å². The molecule has 0 spiro atoms. The molecule has 0 aliphatic carbocycles. The van der Waals surface area contributed by atoms with Crippen molar-refractivity contribution in [2.45, 2.75) is 36.3 Å². The maximum absolute atomic E-state index is 14.0. The molecule has 0 unspecified atom stereocenters. The first-order valence-corrected chi connectivity index (χ1v) is 9.49. The van der Waals surface area contributed by atoms with Crippen molar-refractivity contribution in [1.82, 2.24) is 0 Å². The highest BCUT2D eigenvalue weighted by atomic mass is 127. The van der Waals surface area contributed by atoms with Crippen LogP contribution in [0.5, 0.6) is 0 Å². The van der Waals surface area contributed by atoms with Crippen molar-refractivity contribution in [2.24, 2.45) is 0 Å². The molecule has 0 N–H and O–H groups in total. The predicted octanol–water partition coefficient (Wildman–Crippen LogP) is 4.11. The number of hydrogen-bond donors (Lipinski definition) is 0. The summed E-state index contributed by atoms with van der Waals surface area (Å²) in [4.78, 5) is 11.1. The van der Waals surface area contributed by atoms with Crippen LogP contribution in [-0.2, 0) is 19.4 Å². The minimum atomic E-state index is -4.81. The van der Waals surface area contributed by atoms with E-state index in [1.165, 1.54) is 18.2 Å². The molecule has 128 valence electrons. The zero-order chi connectivity index (χ0) is 17.5. The summed E-state index contributed by atoms with van der Waals surface area (Å²) in [7, 11) is -4.81. The maximum atomic E-state index is 14.0. The van der Waals surface area contributed by atoms with Crippen molar-refractivity contribution in [1.29, 1.82) is 0 Å². The number of carbonyl (C=O) groups excluding carboxylic acids is 1. The van der Waals surface area contributed by atoms with Crippen molar-refractivity contribution in [3.63, 3.8) is 0 Å². The maximum Gasteiger partial charge on any atom is 0.353 e. The monoisotopic (exact) mass is 458 g/mol. The van der Waals surface area contributed by atoms with Crippen LogP contribution < -0.4 is 0 Å². The summed E-state index contributed by atoms with van der Waals surface area (Å²) in [5.41, 5.74) is 0. The fourth-order valence-electron chi connectivity index (χ4n) is 1.55. The van der Waals surface area contributed by atoms with Crippen LogP contribution in [0.25, 0.3) is 0 Å². The topological polar surface area (TPSA) is 60.4 Å². The van der Waals surface area contributed by atoms with Gasteiger partial charge in [0.15, 0.2) is 0 Å². The molecule has 1 aromatic rings. The number of benzene rings is 1. The lowest BCUT2D eigenvalue weighted by Gasteiger charge is -2.15. The van der Waals surface area contributed by atoms with E-state index in [9.17, 15) is 22.0 Å². The number of hydrogen-bond acceptors (Lipinski definition) is 4. The molecule has 1 aromatic carbocycles. The molecule has 0 heterocycles. The first-order valence-electron chi connectivity index (χ1n) is 6.92. The number of halogens is 3. The smallest absolute Gasteiger partial charge is 0.353 e. The van der Waals surface area contributed by atoms with Gasteiger partial charge in [0, 0.05) is 6.42 Å². The lowest BCUT2D eigenvalue weighted by atomic mass is 10.3. The van der Waals surface area contributed by atoms with Gasteiger partial charge in [-0.05, 0) is 41.1 Å². The third kappa shape index (κ3) is 5.52. The lowest BCUT2D eigenvalue weighted by molar-refractivity contribution is -0.138. The normalized spacial score (nSPS) is 13.0. The fraction of sp³-hybridized carbons (Fsp3) is 0.400. The van der Waals surface area contributed by atoms with Crippen molar-refractivity contribution < 1.29 is 26.7 Å². The standard InChI is InChI=1S/C15H17F2IO4S/c1-2-3-11-22-14(19)13(18)9-10-15(16,17)23(20,21)12-7-5-4-6-8-12/h4-9H,2-3,10-11H2,1H3/b13-9-. The van der Waals surface area contributed by atoms with E-state index >= 15 is 0 Å². The van der Waals surface area contributed by atoms with Gasteiger partial charge in [0.1, 0.15) is 0 Å². The second-order valence-electron chi connectivity index (χ2n) is 4.70. The van der Waals surface area contributed by atoms with Crippen LogP contribution in [0.3, 0.4) is 0 Å². The minimum absolute atomic E-state index is 0.0679. The van der Waals surface area contributed by atoms with Crippen molar-refractivity contribution in [3.05, 3.63) is 40.0 Å². The van der Waals surface area contributed by atoms with Crippen LogP contribution >= 0.6 is 22.6 Å². The van der Waals surface area contributed by atoms with E-state index in [1.54, 1.807) is 22.6 Å². The number of allylic oxidation sites excluding steroid dienone is 1. The molecule has 0 aromatic heterocycles. The average molecular weight is 458 g/mol. The molecule has 0 radical (unpaired) electrons. The molecule has 0 aliphatic rings. The summed E-state index contributed by atoms with van der Waals surface area (Å²) in [5, 5.41) is -4.01. The highest BCUT2D eigenvalue weighted by molar-refractivity contribution is 14.1. The van der Waals surface area contributed by atoms with E-state index in [4.69, 9.17) is 4.74 Å². The van der Waals surface area contributed by atoms with Gasteiger partial charge in [0.2, 0.25) is 9.84 Å². The summed E-state index contributed by atoms with van der Waals surface area (Å²) in [5.74, 6) is -0.730. The predicted molar refractivity (Wildman–Crippen MR) is 91.2 cm³/mol. The van der Waals surface area contributed by atoms with E-state index in [1.807, 2.05) is 6.92 Å². The number of sulfone groups is 1. The molecule has 0 saturated heterocycles. The van der Waals surface area contributed by atoms with Gasteiger partial charge in [-0.2, -0.15) is 8.78 Å². The number of alkyl halides is 2. The van der Waals surface area contributed by atoms with Gasteiger partial charge in [0.05, 0.1) is 15.1 Å². The number of ether oxygens (including phenoxy) is 1.